The molecule has 4 aromatic rings. The number of hydrogen-bond donors (Lipinski definition) is 3. The Balaban J connectivity index is 1.53. The second kappa shape index (κ2) is 8.74. The number of carbonyl (C=O) groups excluding carboxylic acids is 1. The van der Waals surface area contributed by atoms with Gasteiger partial charge in [-0.15, -0.1) is 10.2 Å². The third-order valence-electron chi connectivity index (χ3n) is 4.66. The van der Waals surface area contributed by atoms with E-state index in [1.165, 1.54) is 27.9 Å². The molecule has 0 aliphatic rings. The minimum Gasteiger partial charge on any atom is -0.595 e. The lowest BCUT2D eigenvalue weighted by Gasteiger charge is -2.11. The maximum absolute atomic E-state index is 12.8. The topological polar surface area (TPSA) is 124 Å². The number of fused-ring (bicyclic) bond motifs is 1. The molecule has 31 heavy (non-hydrogen) atoms. The number of nitrogens with zero attached hydrogens (tertiary/aromatic N) is 3. The van der Waals surface area contributed by atoms with Gasteiger partial charge in [0.1, 0.15) is 5.82 Å². The van der Waals surface area contributed by atoms with Crippen LogP contribution in [0, 0.1) is 12.1 Å². The molecule has 1 unspecified atom stereocenters. The largest absolute Gasteiger partial charge is 0.595 e. The molecule has 0 saturated heterocycles. The van der Waals surface area contributed by atoms with E-state index in [2.05, 4.69) is 15.5 Å². The highest BCUT2D eigenvalue weighted by molar-refractivity contribution is 7.15. The first kappa shape index (κ1) is 20.8. The molecule has 2 aromatic carbocycles. The Morgan fingerprint density at radius 1 is 1.26 bits per heavy atom. The van der Waals surface area contributed by atoms with Gasteiger partial charge in [0.15, 0.2) is 5.69 Å². The standard InChI is InChI=1S/C21H19N5O4S/c1-13-5-7-15(8-6-13)22-19(27)10-9-18-23-24-21-25(18)20(28)17(31-21)12-14-3-2-4-16(11-14)26(29)30/h2-8,11-12,26,29H,9-10H2,1H3,(H,22,27)/b17-12+. The van der Waals surface area contributed by atoms with Crippen molar-refractivity contribution in [2.24, 2.45) is 0 Å². The minimum absolute atomic E-state index is 0.143. The van der Waals surface area contributed by atoms with E-state index in [9.17, 15) is 14.8 Å². The Morgan fingerprint density at radius 2 is 2.03 bits per heavy atom. The number of benzene rings is 2. The van der Waals surface area contributed by atoms with E-state index < -0.39 is 5.23 Å². The Bertz CT molecular complexity index is 1340. The van der Waals surface area contributed by atoms with Crippen LogP contribution >= 0.6 is 11.3 Å². The van der Waals surface area contributed by atoms with E-state index in [1.54, 1.807) is 18.2 Å². The summed E-state index contributed by atoms with van der Waals surface area (Å²) in [6.45, 7) is 1.97. The van der Waals surface area contributed by atoms with E-state index in [1.807, 2.05) is 31.2 Å². The Kier molecular flexibility index (Phi) is 5.87. The fourth-order valence-electron chi connectivity index (χ4n) is 3.07. The number of amides is 1. The van der Waals surface area contributed by atoms with Gasteiger partial charge in [-0.3, -0.25) is 9.59 Å². The summed E-state index contributed by atoms with van der Waals surface area (Å²) >= 11 is 1.17. The summed E-state index contributed by atoms with van der Waals surface area (Å²) in [5.74, 6) is 0.231. The number of rotatable bonds is 6. The molecule has 0 bridgehead atoms. The van der Waals surface area contributed by atoms with Gasteiger partial charge in [0, 0.05) is 30.7 Å². The van der Waals surface area contributed by atoms with Crippen LogP contribution in [0.3, 0.4) is 0 Å². The normalized spacial score (nSPS) is 12.9. The van der Waals surface area contributed by atoms with Crippen molar-refractivity contribution in [3.8, 4) is 0 Å². The molecular weight excluding hydrogens is 418 g/mol. The average Bonchev–Trinajstić information content (AvgIpc) is 3.28. The first-order valence-electron chi connectivity index (χ1n) is 9.49. The van der Waals surface area contributed by atoms with Crippen molar-refractivity contribution in [3.05, 3.63) is 85.6 Å². The molecule has 0 spiro atoms. The van der Waals surface area contributed by atoms with Crippen LogP contribution in [-0.4, -0.2) is 25.7 Å². The summed E-state index contributed by atoms with van der Waals surface area (Å²) in [6, 6.07) is 13.8. The molecule has 9 nitrogen and oxygen atoms in total. The number of anilines is 1. The number of aromatic nitrogens is 3. The summed E-state index contributed by atoms with van der Waals surface area (Å²) < 4.78 is 1.81. The number of aryl methyl sites for hydroxylation is 2. The molecule has 0 fully saturated rings. The summed E-state index contributed by atoms with van der Waals surface area (Å²) in [4.78, 5) is 25.5. The van der Waals surface area contributed by atoms with Crippen LogP contribution in [-0.2, 0) is 11.2 Å². The van der Waals surface area contributed by atoms with Crippen LogP contribution in [0.5, 0.6) is 0 Å². The third-order valence-corrected chi connectivity index (χ3v) is 5.62. The van der Waals surface area contributed by atoms with Crippen LogP contribution in [0.1, 0.15) is 23.4 Å². The van der Waals surface area contributed by atoms with Crippen molar-refractivity contribution in [2.75, 3.05) is 5.32 Å². The fourth-order valence-corrected chi connectivity index (χ4v) is 4.01. The minimum atomic E-state index is -1.03. The van der Waals surface area contributed by atoms with Gasteiger partial charge in [-0.2, -0.15) is 5.23 Å². The highest BCUT2D eigenvalue weighted by Gasteiger charge is 2.14. The molecule has 0 aliphatic heterocycles. The summed E-state index contributed by atoms with van der Waals surface area (Å²) in [5.41, 5.74) is 2.27. The molecule has 3 N–H and O–H groups in total. The molecule has 2 aromatic heterocycles. The Hall–Kier alpha value is -3.44. The van der Waals surface area contributed by atoms with Gasteiger partial charge in [-0.25, -0.2) is 9.61 Å². The molecule has 0 saturated carbocycles. The summed E-state index contributed by atoms with van der Waals surface area (Å²) in [7, 11) is 0. The quantitative estimate of drug-likeness (QED) is 0.386. The molecule has 2 heterocycles. The smallest absolute Gasteiger partial charge is 0.275 e. The van der Waals surface area contributed by atoms with Gasteiger partial charge >= 0.3 is 0 Å². The monoisotopic (exact) mass is 437 g/mol. The Labute approximate surface area is 180 Å². The molecule has 1 atom stereocenters. The lowest BCUT2D eigenvalue weighted by Crippen LogP contribution is -2.99. The molecule has 0 aliphatic carbocycles. The second-order valence-corrected chi connectivity index (χ2v) is 8.00. The van der Waals surface area contributed by atoms with Crippen LogP contribution < -0.4 is 20.6 Å². The maximum atomic E-state index is 12.8. The first-order chi connectivity index (χ1) is 14.9. The zero-order chi connectivity index (χ0) is 22.0. The number of nitrogens with one attached hydrogen (secondary N) is 2. The van der Waals surface area contributed by atoms with Crippen LogP contribution in [0.15, 0.2) is 53.3 Å². The second-order valence-electron chi connectivity index (χ2n) is 6.99. The highest BCUT2D eigenvalue weighted by Crippen LogP contribution is 2.11. The van der Waals surface area contributed by atoms with E-state index in [4.69, 9.17) is 5.21 Å². The summed E-state index contributed by atoms with van der Waals surface area (Å²) in [6.07, 6.45) is 2.05. The van der Waals surface area contributed by atoms with Crippen molar-refractivity contribution in [1.82, 2.24) is 14.6 Å². The molecule has 1 amide bonds. The number of quaternary nitrogens is 1. The van der Waals surface area contributed by atoms with Crippen LogP contribution in [0.25, 0.3) is 11.0 Å². The van der Waals surface area contributed by atoms with Gasteiger partial charge in [-0.1, -0.05) is 41.2 Å². The lowest BCUT2D eigenvalue weighted by atomic mass is 10.2. The number of thiazole rings is 1. The Morgan fingerprint density at radius 3 is 2.77 bits per heavy atom. The predicted molar refractivity (Wildman–Crippen MR) is 116 cm³/mol. The van der Waals surface area contributed by atoms with E-state index in [0.717, 1.165) is 5.56 Å². The van der Waals surface area contributed by atoms with Crippen molar-refractivity contribution in [1.29, 1.82) is 0 Å². The predicted octanol–water partition coefficient (Wildman–Crippen LogP) is 0.982. The van der Waals surface area contributed by atoms with Gasteiger partial charge in [0.2, 0.25) is 10.9 Å². The van der Waals surface area contributed by atoms with Crippen molar-refractivity contribution < 1.29 is 15.2 Å². The SMILES string of the molecule is Cc1ccc(NC(=O)CCc2nnc3s/c(=C/c4cccc([NH+]([O-])O)c4)c(=O)n23)cc1. The average molecular weight is 437 g/mol. The van der Waals surface area contributed by atoms with Crippen molar-refractivity contribution in [3.63, 3.8) is 0 Å². The van der Waals surface area contributed by atoms with Gasteiger partial charge in [0.05, 0.1) is 4.53 Å². The van der Waals surface area contributed by atoms with E-state index in [-0.39, 0.29) is 30.0 Å². The molecular formula is C21H19N5O4S. The lowest BCUT2D eigenvalue weighted by molar-refractivity contribution is -0.991. The van der Waals surface area contributed by atoms with Gasteiger partial charge in [0.25, 0.3) is 5.56 Å². The zero-order valence-corrected chi connectivity index (χ0v) is 17.3. The molecule has 4 rings (SSSR count). The number of carbonyl (C=O) groups is 1. The summed E-state index contributed by atoms with van der Waals surface area (Å²) in [5, 5.41) is 30.2. The first-order valence-corrected chi connectivity index (χ1v) is 10.3. The number of hydrogen-bond acceptors (Lipinski definition) is 7. The molecule has 158 valence electrons. The van der Waals surface area contributed by atoms with Gasteiger partial charge in [-0.05, 0) is 30.7 Å². The fraction of sp³-hybridized carbons (Fsp3) is 0.143. The molecule has 0 radical (unpaired) electrons. The zero-order valence-electron chi connectivity index (χ0n) is 16.5. The van der Waals surface area contributed by atoms with Crippen LogP contribution in [0.4, 0.5) is 11.4 Å². The third kappa shape index (κ3) is 4.67. The van der Waals surface area contributed by atoms with E-state index in [0.29, 0.717) is 26.6 Å². The van der Waals surface area contributed by atoms with Crippen molar-refractivity contribution >= 4 is 39.7 Å². The van der Waals surface area contributed by atoms with Crippen molar-refractivity contribution in [2.45, 2.75) is 19.8 Å². The van der Waals surface area contributed by atoms with Crippen LogP contribution in [0.2, 0.25) is 0 Å². The van der Waals surface area contributed by atoms with Gasteiger partial charge < -0.3 is 10.5 Å². The maximum Gasteiger partial charge on any atom is 0.275 e. The highest BCUT2D eigenvalue weighted by atomic mass is 32.1. The van der Waals surface area contributed by atoms with E-state index >= 15 is 0 Å². The molecule has 10 heteroatoms.